The summed E-state index contributed by atoms with van der Waals surface area (Å²) in [5.74, 6) is 1.67. The summed E-state index contributed by atoms with van der Waals surface area (Å²) in [6.07, 6.45) is 3.70. The van der Waals surface area contributed by atoms with Crippen LogP contribution in [0.2, 0.25) is 5.02 Å². The van der Waals surface area contributed by atoms with Crippen LogP contribution in [0.25, 0.3) is 32.8 Å². The quantitative estimate of drug-likeness (QED) is 0.181. The second-order valence-corrected chi connectivity index (χ2v) is 14.6. The Hall–Kier alpha value is -4.69. The lowest BCUT2D eigenvalue weighted by atomic mass is 9.95. The lowest BCUT2D eigenvalue weighted by Crippen LogP contribution is -2.51. The molecule has 2 N–H and O–H groups in total. The molecule has 0 radical (unpaired) electrons. The maximum Gasteiger partial charge on any atom is 0.319 e. The highest BCUT2D eigenvalue weighted by Crippen LogP contribution is 2.46. The third-order valence-electron chi connectivity index (χ3n) is 10.9. The molecule has 3 unspecified atom stereocenters. The summed E-state index contributed by atoms with van der Waals surface area (Å²) in [5, 5.41) is 27.3. The third kappa shape index (κ3) is 5.45. The average molecular weight is 691 g/mol. The van der Waals surface area contributed by atoms with Crippen LogP contribution in [0.3, 0.4) is 0 Å². The van der Waals surface area contributed by atoms with Gasteiger partial charge in [-0.25, -0.2) is 4.39 Å². The van der Waals surface area contributed by atoms with Gasteiger partial charge in [0.2, 0.25) is 0 Å². The van der Waals surface area contributed by atoms with Gasteiger partial charge in [0.15, 0.2) is 0 Å². The molecule has 1 aromatic heterocycles. The van der Waals surface area contributed by atoms with E-state index in [-0.39, 0.29) is 17.3 Å². The van der Waals surface area contributed by atoms with E-state index in [9.17, 15) is 14.8 Å². The van der Waals surface area contributed by atoms with Crippen LogP contribution in [-0.4, -0.2) is 76.6 Å². The first kappa shape index (κ1) is 31.3. The molecule has 50 heavy (non-hydrogen) atoms. The minimum absolute atomic E-state index is 0.0741. The standard InChI is InChI=1S/C39H36ClFN6O3/c40-32-7-3-6-23-13-28(48)14-30(36(23)32)29-15-33-31(16-35(29)50-34-8-2-1-5-24(34)18-42)37(46-20-26-9-10-27(21-46)43-26)45-38(44-33)49-22-39-11-4-12-47(39)19-25(41)17-39/h1-3,5-8,13-16,25-27,43,48H,4,9-12,17,19-22H2/t25-,26?,27?,39?/m1/s1. The van der Waals surface area contributed by atoms with Crippen molar-refractivity contribution in [1.82, 2.24) is 20.2 Å². The van der Waals surface area contributed by atoms with Crippen molar-refractivity contribution in [3.8, 4) is 40.5 Å². The smallest absolute Gasteiger partial charge is 0.319 e. The number of alkyl halides is 1. The summed E-state index contributed by atoms with van der Waals surface area (Å²) in [5.41, 5.74) is 1.96. The number of phenolic OH excluding ortho intramolecular Hbond substituents is 1. The fraction of sp³-hybridized carbons (Fsp3) is 0.359. The van der Waals surface area contributed by atoms with E-state index in [4.69, 9.17) is 31.0 Å². The molecule has 5 heterocycles. The highest BCUT2D eigenvalue weighted by molar-refractivity contribution is 6.36. The predicted molar refractivity (Wildman–Crippen MR) is 191 cm³/mol. The zero-order valence-electron chi connectivity index (χ0n) is 27.4. The molecule has 0 amide bonds. The Morgan fingerprint density at radius 2 is 1.84 bits per heavy atom. The Balaban J connectivity index is 1.24. The summed E-state index contributed by atoms with van der Waals surface area (Å²) in [6.45, 7) is 3.20. The first-order valence-corrected chi connectivity index (χ1v) is 17.7. The van der Waals surface area contributed by atoms with Crippen LogP contribution in [0, 0.1) is 11.3 Å². The number of anilines is 1. The van der Waals surface area contributed by atoms with E-state index in [1.165, 1.54) is 0 Å². The van der Waals surface area contributed by atoms with Gasteiger partial charge in [0.1, 0.15) is 41.9 Å². The van der Waals surface area contributed by atoms with E-state index in [1.807, 2.05) is 36.4 Å². The molecule has 2 bridgehead atoms. The average Bonchev–Trinajstić information content (AvgIpc) is 3.76. The first-order chi connectivity index (χ1) is 24.4. The number of rotatable bonds is 7. The predicted octanol–water partition coefficient (Wildman–Crippen LogP) is 7.37. The molecule has 254 valence electrons. The van der Waals surface area contributed by atoms with Gasteiger partial charge in [-0.15, -0.1) is 0 Å². The molecular formula is C39H36ClFN6O3. The number of hydrogen-bond acceptors (Lipinski definition) is 9. The van der Waals surface area contributed by atoms with Gasteiger partial charge >= 0.3 is 6.01 Å². The molecule has 11 heteroatoms. The van der Waals surface area contributed by atoms with Crippen LogP contribution in [0.4, 0.5) is 10.2 Å². The van der Waals surface area contributed by atoms with E-state index in [0.29, 0.717) is 70.4 Å². The van der Waals surface area contributed by atoms with Crippen molar-refractivity contribution in [1.29, 1.82) is 5.26 Å². The number of hydrogen-bond donors (Lipinski definition) is 2. The SMILES string of the molecule is N#Cc1ccccc1Oc1cc2c(N3CC4CCC(C3)N4)nc(OCC34CCCN3C[C@H](F)C4)nc2cc1-c1cc(O)cc2cccc(Cl)c12. The molecule has 4 atom stereocenters. The number of nitriles is 1. The van der Waals surface area contributed by atoms with E-state index in [0.717, 1.165) is 67.3 Å². The van der Waals surface area contributed by atoms with Crippen molar-refractivity contribution in [2.24, 2.45) is 0 Å². The van der Waals surface area contributed by atoms with Crippen LogP contribution >= 0.6 is 11.6 Å². The largest absolute Gasteiger partial charge is 0.508 e. The normalized spacial score (nSPS) is 24.5. The highest BCUT2D eigenvalue weighted by Gasteiger charge is 2.49. The lowest BCUT2D eigenvalue weighted by molar-refractivity contribution is 0.107. The number of phenols is 1. The summed E-state index contributed by atoms with van der Waals surface area (Å²) >= 11 is 6.83. The van der Waals surface area contributed by atoms with Crippen molar-refractivity contribution in [2.75, 3.05) is 37.7 Å². The minimum atomic E-state index is -0.862. The van der Waals surface area contributed by atoms with Crippen LogP contribution in [0.1, 0.15) is 37.7 Å². The summed E-state index contributed by atoms with van der Waals surface area (Å²) in [7, 11) is 0. The van der Waals surface area contributed by atoms with Crippen molar-refractivity contribution < 1.29 is 19.0 Å². The maximum absolute atomic E-state index is 14.6. The Labute approximate surface area is 294 Å². The van der Waals surface area contributed by atoms with Gasteiger partial charge in [-0.2, -0.15) is 15.2 Å². The zero-order valence-corrected chi connectivity index (χ0v) is 28.2. The molecule has 4 aromatic carbocycles. The number of fused-ring (bicyclic) bond motifs is 5. The minimum Gasteiger partial charge on any atom is -0.508 e. The maximum atomic E-state index is 14.6. The number of ether oxygens (including phenoxy) is 2. The van der Waals surface area contributed by atoms with Crippen LogP contribution in [0.15, 0.2) is 66.7 Å². The van der Waals surface area contributed by atoms with Crippen LogP contribution in [-0.2, 0) is 0 Å². The fourth-order valence-electron chi connectivity index (χ4n) is 8.68. The molecule has 4 aliphatic rings. The molecule has 0 saturated carbocycles. The number of nitrogens with zero attached hydrogens (tertiary/aromatic N) is 5. The van der Waals surface area contributed by atoms with Crippen molar-refractivity contribution in [3.63, 3.8) is 0 Å². The fourth-order valence-corrected chi connectivity index (χ4v) is 8.97. The highest BCUT2D eigenvalue weighted by atomic mass is 35.5. The number of halogens is 2. The first-order valence-electron chi connectivity index (χ1n) is 17.3. The van der Waals surface area contributed by atoms with Crippen LogP contribution < -0.4 is 19.7 Å². The number of aromatic hydroxyl groups is 1. The van der Waals surface area contributed by atoms with E-state index >= 15 is 0 Å². The van der Waals surface area contributed by atoms with Gasteiger partial charge < -0.3 is 24.8 Å². The van der Waals surface area contributed by atoms with Gasteiger partial charge in [0, 0.05) is 59.5 Å². The van der Waals surface area contributed by atoms with E-state index in [1.54, 1.807) is 30.3 Å². The van der Waals surface area contributed by atoms with Gasteiger partial charge in [0.05, 0.1) is 16.6 Å². The molecule has 4 saturated heterocycles. The third-order valence-corrected chi connectivity index (χ3v) is 11.2. The summed E-state index contributed by atoms with van der Waals surface area (Å²) in [6, 6.07) is 23.1. The number of benzene rings is 4. The number of nitrogens with one attached hydrogen (secondary N) is 1. The number of aromatic nitrogens is 2. The van der Waals surface area contributed by atoms with Gasteiger partial charge in [-0.1, -0.05) is 35.9 Å². The molecule has 9 rings (SSSR count). The van der Waals surface area contributed by atoms with Crippen LogP contribution in [0.5, 0.6) is 23.3 Å². The second-order valence-electron chi connectivity index (χ2n) is 14.1. The van der Waals surface area contributed by atoms with E-state index < -0.39 is 6.17 Å². The molecule has 4 aliphatic heterocycles. The topological polar surface area (TPSA) is 107 Å². The Bertz CT molecular complexity index is 2180. The molecule has 9 nitrogen and oxygen atoms in total. The Morgan fingerprint density at radius 1 is 1.00 bits per heavy atom. The van der Waals surface area contributed by atoms with Crippen molar-refractivity contribution >= 4 is 39.1 Å². The van der Waals surface area contributed by atoms with Gasteiger partial charge in [0.25, 0.3) is 0 Å². The molecule has 0 spiro atoms. The Morgan fingerprint density at radius 3 is 2.68 bits per heavy atom. The second kappa shape index (κ2) is 12.3. The summed E-state index contributed by atoms with van der Waals surface area (Å²) < 4.78 is 27.7. The van der Waals surface area contributed by atoms with Gasteiger partial charge in [-0.05, 0) is 85.6 Å². The monoisotopic (exact) mass is 690 g/mol. The molecule has 0 aliphatic carbocycles. The summed E-state index contributed by atoms with van der Waals surface area (Å²) in [4.78, 5) is 14.6. The number of piperazine rings is 1. The van der Waals surface area contributed by atoms with Crippen molar-refractivity contribution in [2.45, 2.75) is 55.9 Å². The Kier molecular flexibility index (Phi) is 7.68. The molecular weight excluding hydrogens is 655 g/mol. The zero-order chi connectivity index (χ0) is 34.0. The molecule has 4 fully saturated rings. The number of para-hydroxylation sites is 1. The molecule has 5 aromatic rings. The van der Waals surface area contributed by atoms with E-state index in [2.05, 4.69) is 21.2 Å². The van der Waals surface area contributed by atoms with Gasteiger partial charge in [-0.3, -0.25) is 4.90 Å². The lowest BCUT2D eigenvalue weighted by Gasteiger charge is -2.34. The van der Waals surface area contributed by atoms with Crippen molar-refractivity contribution in [3.05, 3.63) is 77.3 Å².